The van der Waals surface area contributed by atoms with Gasteiger partial charge in [0, 0.05) is 32.0 Å². The Hall–Kier alpha value is -1.68. The van der Waals surface area contributed by atoms with Gasteiger partial charge in [-0.3, -0.25) is 4.79 Å². The van der Waals surface area contributed by atoms with Crippen molar-refractivity contribution in [2.45, 2.75) is 44.0 Å². The van der Waals surface area contributed by atoms with E-state index in [4.69, 9.17) is 10.5 Å². The van der Waals surface area contributed by atoms with E-state index in [1.165, 1.54) is 0 Å². The van der Waals surface area contributed by atoms with Crippen LogP contribution in [0.5, 0.6) is 0 Å². The first-order valence-electron chi connectivity index (χ1n) is 7.27. The molecule has 0 radical (unpaired) electrons. The summed E-state index contributed by atoms with van der Waals surface area (Å²) in [5.74, 6) is -1.87. The molecule has 0 unspecified atom stereocenters. The van der Waals surface area contributed by atoms with Crippen LogP contribution in [0.1, 0.15) is 31.0 Å². The molecule has 1 fully saturated rings. The quantitative estimate of drug-likeness (QED) is 0.828. The number of hydrogen-bond donors (Lipinski definition) is 2. The van der Waals surface area contributed by atoms with Gasteiger partial charge in [-0.05, 0) is 19.3 Å². The highest BCUT2D eigenvalue weighted by Crippen LogP contribution is 2.27. The number of rotatable bonds is 5. The molecule has 0 aliphatic heterocycles. The van der Waals surface area contributed by atoms with Crippen LogP contribution >= 0.6 is 0 Å². The monoisotopic (exact) mass is 336 g/mol. The molecular formula is C13H19F3N4O3. The molecule has 0 saturated heterocycles. The summed E-state index contributed by atoms with van der Waals surface area (Å²) in [6.45, 7) is 0.134. The third-order valence-electron chi connectivity index (χ3n) is 3.87. The topological polar surface area (TPSA) is 103 Å². The predicted octanol–water partition coefficient (Wildman–Crippen LogP) is 0.890. The van der Waals surface area contributed by atoms with E-state index in [9.17, 15) is 18.0 Å². The highest BCUT2D eigenvalue weighted by Gasteiger charge is 2.38. The zero-order chi connectivity index (χ0) is 17.0. The first-order valence-corrected chi connectivity index (χ1v) is 7.27. The van der Waals surface area contributed by atoms with Crippen LogP contribution in [0.4, 0.5) is 13.2 Å². The molecule has 1 saturated carbocycles. The zero-order valence-electron chi connectivity index (χ0n) is 12.6. The van der Waals surface area contributed by atoms with Gasteiger partial charge in [0.2, 0.25) is 5.91 Å². The average Bonchev–Trinajstić information content (AvgIpc) is 2.96. The highest BCUT2D eigenvalue weighted by atomic mass is 19.4. The summed E-state index contributed by atoms with van der Waals surface area (Å²) in [7, 11) is 1.59. The number of methoxy groups -OCH3 is 1. The minimum absolute atomic E-state index is 0.0424. The van der Waals surface area contributed by atoms with Gasteiger partial charge in [0.05, 0.1) is 6.10 Å². The van der Waals surface area contributed by atoms with Crippen LogP contribution in [0.25, 0.3) is 0 Å². The maximum absolute atomic E-state index is 12.3. The zero-order valence-corrected chi connectivity index (χ0v) is 12.6. The first-order chi connectivity index (χ1) is 10.8. The second-order valence-electron chi connectivity index (χ2n) is 5.50. The molecule has 0 bridgehead atoms. The summed E-state index contributed by atoms with van der Waals surface area (Å²) in [5, 5.41) is 5.90. The number of halogens is 3. The SMILES string of the molecule is CO[C@@H]1CC[C@H](C(=O)NCCc2noc(C(F)(F)F)n2)C[C@H]1N. The van der Waals surface area contributed by atoms with Crippen molar-refractivity contribution in [2.75, 3.05) is 13.7 Å². The minimum atomic E-state index is -4.66. The van der Waals surface area contributed by atoms with E-state index in [1.54, 1.807) is 7.11 Å². The number of hydrogen-bond acceptors (Lipinski definition) is 6. The molecule has 1 aliphatic rings. The number of nitrogens with two attached hydrogens (primary N) is 1. The maximum atomic E-state index is 12.3. The Morgan fingerprint density at radius 2 is 2.22 bits per heavy atom. The van der Waals surface area contributed by atoms with Crippen molar-refractivity contribution in [3.63, 3.8) is 0 Å². The first kappa shape index (κ1) is 17.7. The van der Waals surface area contributed by atoms with Gasteiger partial charge >= 0.3 is 12.1 Å². The number of carbonyl (C=O) groups excluding carboxylic acids is 1. The molecule has 1 heterocycles. The lowest BCUT2D eigenvalue weighted by Gasteiger charge is -2.32. The van der Waals surface area contributed by atoms with E-state index >= 15 is 0 Å². The van der Waals surface area contributed by atoms with Crippen LogP contribution in [0.15, 0.2) is 4.52 Å². The number of aromatic nitrogens is 2. The second-order valence-corrected chi connectivity index (χ2v) is 5.50. The van der Waals surface area contributed by atoms with Gasteiger partial charge in [-0.2, -0.15) is 18.2 Å². The minimum Gasteiger partial charge on any atom is -0.380 e. The standard InChI is InChI=1S/C13H19F3N4O3/c1-22-9-3-2-7(6-8(9)17)11(21)18-5-4-10-19-12(23-20-10)13(14,15)16/h7-9H,2-6,17H2,1H3,(H,18,21)/t7-,8+,9+/m0/s1. The van der Waals surface area contributed by atoms with Crippen molar-refractivity contribution in [3.05, 3.63) is 11.7 Å². The summed E-state index contributed by atoms with van der Waals surface area (Å²) >= 11 is 0. The van der Waals surface area contributed by atoms with E-state index in [0.717, 1.165) is 0 Å². The normalized spacial score (nSPS) is 25.3. The molecule has 1 aromatic rings. The van der Waals surface area contributed by atoms with E-state index in [-0.39, 0.29) is 42.8 Å². The molecule has 130 valence electrons. The van der Waals surface area contributed by atoms with Crippen molar-refractivity contribution < 1.29 is 27.2 Å². The number of alkyl halides is 3. The maximum Gasteiger partial charge on any atom is 0.471 e. The number of ether oxygens (including phenoxy) is 1. The van der Waals surface area contributed by atoms with Crippen molar-refractivity contribution in [2.24, 2.45) is 11.7 Å². The summed E-state index contributed by atoms with van der Waals surface area (Å²) in [6, 6.07) is -0.198. The van der Waals surface area contributed by atoms with Crippen LogP contribution in [-0.2, 0) is 22.1 Å². The molecule has 10 heteroatoms. The number of nitrogens with one attached hydrogen (secondary N) is 1. The highest BCUT2D eigenvalue weighted by molar-refractivity contribution is 5.78. The van der Waals surface area contributed by atoms with Crippen LogP contribution in [0, 0.1) is 5.92 Å². The summed E-state index contributed by atoms with van der Waals surface area (Å²) < 4.78 is 46.2. The van der Waals surface area contributed by atoms with Gasteiger partial charge in [-0.25, -0.2) is 0 Å². The lowest BCUT2D eigenvalue weighted by molar-refractivity contribution is -0.159. The van der Waals surface area contributed by atoms with Crippen LogP contribution in [0.3, 0.4) is 0 Å². The number of carbonyl (C=O) groups is 1. The Labute approximate surface area is 130 Å². The van der Waals surface area contributed by atoms with E-state index in [1.807, 2.05) is 0 Å². The molecule has 0 aromatic carbocycles. The molecule has 23 heavy (non-hydrogen) atoms. The molecular weight excluding hydrogens is 317 g/mol. The smallest absolute Gasteiger partial charge is 0.380 e. The van der Waals surface area contributed by atoms with E-state index in [0.29, 0.717) is 19.3 Å². The largest absolute Gasteiger partial charge is 0.471 e. The van der Waals surface area contributed by atoms with Gasteiger partial charge in [0.1, 0.15) is 0 Å². The Bertz CT molecular complexity index is 535. The third kappa shape index (κ3) is 4.64. The van der Waals surface area contributed by atoms with Gasteiger partial charge in [-0.1, -0.05) is 5.16 Å². The van der Waals surface area contributed by atoms with E-state index < -0.39 is 12.1 Å². The molecule has 1 aliphatic carbocycles. The van der Waals surface area contributed by atoms with Gasteiger partial charge in [-0.15, -0.1) is 0 Å². The third-order valence-corrected chi connectivity index (χ3v) is 3.87. The fraction of sp³-hybridized carbons (Fsp3) is 0.769. The molecule has 3 N–H and O–H groups in total. The van der Waals surface area contributed by atoms with E-state index in [2.05, 4.69) is 20.0 Å². The van der Waals surface area contributed by atoms with Gasteiger partial charge in [0.15, 0.2) is 5.82 Å². The molecule has 1 aromatic heterocycles. The van der Waals surface area contributed by atoms with Crippen molar-refractivity contribution >= 4 is 5.91 Å². The Morgan fingerprint density at radius 3 is 2.78 bits per heavy atom. The number of amides is 1. The van der Waals surface area contributed by atoms with Gasteiger partial charge in [0.25, 0.3) is 0 Å². The molecule has 7 nitrogen and oxygen atoms in total. The summed E-state index contributed by atoms with van der Waals surface area (Å²) in [4.78, 5) is 15.3. The lowest BCUT2D eigenvalue weighted by Crippen LogP contribution is -2.45. The molecule has 0 spiro atoms. The molecule has 1 amide bonds. The Balaban J connectivity index is 1.76. The molecule has 3 atom stereocenters. The van der Waals surface area contributed by atoms with Crippen LogP contribution < -0.4 is 11.1 Å². The lowest BCUT2D eigenvalue weighted by atomic mass is 9.83. The summed E-state index contributed by atoms with van der Waals surface area (Å²) in [6.07, 6.45) is -2.76. The Kier molecular flexibility index (Phi) is 5.58. The fourth-order valence-corrected chi connectivity index (χ4v) is 2.62. The molecule has 2 rings (SSSR count). The predicted molar refractivity (Wildman–Crippen MR) is 72.1 cm³/mol. The van der Waals surface area contributed by atoms with Crippen molar-refractivity contribution in [1.29, 1.82) is 0 Å². The summed E-state index contributed by atoms with van der Waals surface area (Å²) in [5.41, 5.74) is 5.94. The van der Waals surface area contributed by atoms with Gasteiger partial charge < -0.3 is 20.3 Å². The fourth-order valence-electron chi connectivity index (χ4n) is 2.62. The average molecular weight is 336 g/mol. The van der Waals surface area contributed by atoms with Crippen molar-refractivity contribution in [1.82, 2.24) is 15.5 Å². The second kappa shape index (κ2) is 7.26. The number of nitrogens with zero attached hydrogens (tertiary/aromatic N) is 2. The van der Waals surface area contributed by atoms with Crippen LogP contribution in [-0.4, -0.2) is 41.8 Å². The van der Waals surface area contributed by atoms with Crippen LogP contribution in [0.2, 0.25) is 0 Å². The Morgan fingerprint density at radius 1 is 1.48 bits per heavy atom. The van der Waals surface area contributed by atoms with Crippen molar-refractivity contribution in [3.8, 4) is 0 Å².